The Bertz CT molecular complexity index is 2260. The van der Waals surface area contributed by atoms with Crippen LogP contribution in [0, 0.1) is 11.8 Å². The van der Waals surface area contributed by atoms with Crippen LogP contribution in [0.1, 0.15) is 68.4 Å². The topological polar surface area (TPSA) is 184 Å². The van der Waals surface area contributed by atoms with Crippen LogP contribution in [0.3, 0.4) is 0 Å². The number of alkyl carbamates (subject to hydrolysis) is 2. The maximum absolute atomic E-state index is 14.2. The molecule has 2 fully saturated rings. The molecule has 2 aliphatic rings. The highest BCUT2D eigenvalue weighted by atomic mass is 16.5. The van der Waals surface area contributed by atoms with Crippen molar-refractivity contribution in [2.75, 3.05) is 41.0 Å². The molecule has 15 heteroatoms. The van der Waals surface area contributed by atoms with Crippen molar-refractivity contribution in [2.24, 2.45) is 11.8 Å². The molecule has 5 unspecified atom stereocenters. The predicted molar refractivity (Wildman–Crippen MR) is 224 cm³/mol. The summed E-state index contributed by atoms with van der Waals surface area (Å²) < 4.78 is 15.1. The van der Waals surface area contributed by atoms with Crippen LogP contribution in [0.2, 0.25) is 0 Å². The molecule has 4 heterocycles. The van der Waals surface area contributed by atoms with Gasteiger partial charge in [-0.05, 0) is 53.0 Å². The van der Waals surface area contributed by atoms with Gasteiger partial charge in [0.05, 0.1) is 56.7 Å². The van der Waals surface area contributed by atoms with Crippen molar-refractivity contribution < 1.29 is 33.4 Å². The van der Waals surface area contributed by atoms with E-state index in [1.54, 1.807) is 29.3 Å². The smallest absolute Gasteiger partial charge is 0.407 e. The molecular weight excluding hydrogens is 765 g/mol. The number of hydrogen-bond donors (Lipinski definition) is 4. The average molecular weight is 817 g/mol. The number of carbonyl (C=O) groups is 4. The SMILES string of the molecule is COCC1CC(c2ncc(-c3ccc(-c4ccc(-c5cnc(C6CCCN6C(=O)C(NC(=O)OC)C(C)C)[nH]5)cc4)cc3)[nH]2)N(C(=O)C(NC(=O)OC)c2ccccc2)C1. The average Bonchev–Trinajstić information content (AvgIpc) is 4.12. The number of H-pyrrole nitrogens is 2. The molecule has 5 aromatic rings. The van der Waals surface area contributed by atoms with Crippen LogP contribution in [-0.4, -0.2) is 101 Å². The zero-order valence-electron chi connectivity index (χ0n) is 34.5. The molecule has 0 saturated carbocycles. The van der Waals surface area contributed by atoms with Gasteiger partial charge in [-0.1, -0.05) is 92.7 Å². The molecule has 314 valence electrons. The van der Waals surface area contributed by atoms with Gasteiger partial charge < -0.3 is 44.6 Å². The van der Waals surface area contributed by atoms with Crippen molar-refractivity contribution in [3.8, 4) is 33.6 Å². The standard InChI is InChI=1S/C45H52N8O7/c1-27(2)38(50-44(56)59-4)42(54)52-21-9-12-36(52)40-46-23-34(48-40)31-17-13-29(14-18-31)30-15-19-32(20-16-30)35-24-47-41(49-35)37-22-28(26-58-3)25-53(37)43(55)39(51-45(57)60-5)33-10-7-6-8-11-33/h6-8,10-11,13-20,23-24,27-28,36-39H,9,12,21-22,25-26H2,1-5H3,(H,46,48)(H,47,49)(H,50,56)(H,51,57). The fourth-order valence-corrected chi connectivity index (χ4v) is 8.24. The Morgan fingerprint density at radius 1 is 0.717 bits per heavy atom. The summed E-state index contributed by atoms with van der Waals surface area (Å²) >= 11 is 0. The number of amides is 4. The molecule has 0 radical (unpaired) electrons. The molecule has 60 heavy (non-hydrogen) atoms. The summed E-state index contributed by atoms with van der Waals surface area (Å²) in [5.41, 5.74) is 6.30. The number of likely N-dealkylation sites (tertiary alicyclic amines) is 2. The zero-order chi connectivity index (χ0) is 42.3. The Morgan fingerprint density at radius 2 is 1.27 bits per heavy atom. The highest BCUT2D eigenvalue weighted by molar-refractivity contribution is 5.88. The molecule has 2 aliphatic heterocycles. The maximum Gasteiger partial charge on any atom is 0.407 e. The second kappa shape index (κ2) is 18.6. The Labute approximate surface area is 349 Å². The van der Waals surface area contributed by atoms with Gasteiger partial charge in [0.1, 0.15) is 23.7 Å². The van der Waals surface area contributed by atoms with Crippen LogP contribution in [0.5, 0.6) is 0 Å². The van der Waals surface area contributed by atoms with Crippen molar-refractivity contribution >= 4 is 24.0 Å². The van der Waals surface area contributed by atoms with Gasteiger partial charge in [-0.25, -0.2) is 19.6 Å². The van der Waals surface area contributed by atoms with Gasteiger partial charge in [0.2, 0.25) is 5.91 Å². The van der Waals surface area contributed by atoms with Crippen molar-refractivity contribution in [3.05, 3.63) is 108 Å². The van der Waals surface area contributed by atoms with E-state index in [-0.39, 0.29) is 35.7 Å². The molecule has 2 aromatic heterocycles. The fourth-order valence-electron chi connectivity index (χ4n) is 8.24. The van der Waals surface area contributed by atoms with Gasteiger partial charge in [-0.15, -0.1) is 0 Å². The third-order valence-electron chi connectivity index (χ3n) is 11.4. The number of imidazole rings is 2. The first-order valence-corrected chi connectivity index (χ1v) is 20.2. The number of aromatic nitrogens is 4. The lowest BCUT2D eigenvalue weighted by molar-refractivity contribution is -0.136. The van der Waals surface area contributed by atoms with Gasteiger partial charge in [0.25, 0.3) is 5.91 Å². The molecule has 7 rings (SSSR count). The van der Waals surface area contributed by atoms with Crippen molar-refractivity contribution in [2.45, 2.75) is 57.3 Å². The zero-order valence-corrected chi connectivity index (χ0v) is 34.5. The number of hydrogen-bond acceptors (Lipinski definition) is 9. The van der Waals surface area contributed by atoms with Crippen LogP contribution in [0.25, 0.3) is 33.6 Å². The van der Waals surface area contributed by atoms with E-state index in [0.717, 1.165) is 46.5 Å². The highest BCUT2D eigenvalue weighted by Gasteiger charge is 2.41. The lowest BCUT2D eigenvalue weighted by Crippen LogP contribution is -2.51. The summed E-state index contributed by atoms with van der Waals surface area (Å²) in [6.45, 7) is 5.32. The number of nitrogens with one attached hydrogen (secondary N) is 4. The molecule has 5 atom stereocenters. The quantitative estimate of drug-likeness (QED) is 0.0992. The molecule has 15 nitrogen and oxygen atoms in total. The lowest BCUT2D eigenvalue weighted by Gasteiger charge is -2.30. The summed E-state index contributed by atoms with van der Waals surface area (Å²) in [5, 5.41) is 5.42. The predicted octanol–water partition coefficient (Wildman–Crippen LogP) is 6.81. The van der Waals surface area contributed by atoms with E-state index in [1.807, 2.05) is 68.4 Å². The summed E-state index contributed by atoms with van der Waals surface area (Å²) in [6, 6.07) is 23.4. The number of ether oxygens (including phenoxy) is 3. The van der Waals surface area contributed by atoms with E-state index < -0.39 is 24.3 Å². The number of rotatable bonds is 13. The Balaban J connectivity index is 1.03. The summed E-state index contributed by atoms with van der Waals surface area (Å²) in [6.07, 6.45) is 4.52. The third-order valence-corrected chi connectivity index (χ3v) is 11.4. The van der Waals surface area contributed by atoms with Gasteiger partial charge >= 0.3 is 12.2 Å². The van der Waals surface area contributed by atoms with Crippen molar-refractivity contribution in [3.63, 3.8) is 0 Å². The number of nitrogens with zero attached hydrogens (tertiary/aromatic N) is 4. The van der Waals surface area contributed by atoms with E-state index >= 15 is 0 Å². The Morgan fingerprint density at radius 3 is 1.82 bits per heavy atom. The molecular formula is C45H52N8O7. The molecule has 2 saturated heterocycles. The molecule has 4 N–H and O–H groups in total. The van der Waals surface area contributed by atoms with Crippen molar-refractivity contribution in [1.29, 1.82) is 0 Å². The van der Waals surface area contributed by atoms with E-state index in [0.29, 0.717) is 43.3 Å². The van der Waals surface area contributed by atoms with E-state index in [4.69, 9.17) is 19.2 Å². The normalized spacial score (nSPS) is 18.6. The number of benzene rings is 3. The minimum Gasteiger partial charge on any atom is -0.453 e. The van der Waals surface area contributed by atoms with E-state index in [2.05, 4.69) is 49.9 Å². The molecule has 4 amide bonds. The number of carbonyl (C=O) groups excluding carboxylic acids is 4. The van der Waals surface area contributed by atoms with Crippen LogP contribution >= 0.6 is 0 Å². The van der Waals surface area contributed by atoms with E-state index in [1.165, 1.54) is 14.2 Å². The monoisotopic (exact) mass is 816 g/mol. The molecule has 0 bridgehead atoms. The summed E-state index contributed by atoms with van der Waals surface area (Å²) in [7, 11) is 4.21. The van der Waals surface area contributed by atoms with E-state index in [9.17, 15) is 19.2 Å². The number of methoxy groups -OCH3 is 3. The van der Waals surface area contributed by atoms with Gasteiger partial charge in [0, 0.05) is 26.1 Å². The lowest BCUT2D eigenvalue weighted by atomic mass is 10.0. The third kappa shape index (κ3) is 9.05. The minimum atomic E-state index is -0.933. The summed E-state index contributed by atoms with van der Waals surface area (Å²) in [5.74, 6) is 0.945. The first-order chi connectivity index (χ1) is 29.1. The second-order valence-corrected chi connectivity index (χ2v) is 15.6. The van der Waals surface area contributed by atoms with Gasteiger partial charge in [0.15, 0.2) is 0 Å². The molecule has 3 aromatic carbocycles. The highest BCUT2D eigenvalue weighted by Crippen LogP contribution is 2.38. The fraction of sp³-hybridized carbons (Fsp3) is 0.378. The first-order valence-electron chi connectivity index (χ1n) is 20.2. The minimum absolute atomic E-state index is 0.0854. The van der Waals surface area contributed by atoms with Crippen LogP contribution in [-0.2, 0) is 23.8 Å². The maximum atomic E-state index is 14.2. The first kappa shape index (κ1) is 41.7. The van der Waals surface area contributed by atoms with Gasteiger partial charge in [-0.2, -0.15) is 0 Å². The van der Waals surface area contributed by atoms with Crippen molar-refractivity contribution in [1.82, 2.24) is 40.4 Å². The molecule has 0 spiro atoms. The van der Waals surface area contributed by atoms with Crippen LogP contribution in [0.4, 0.5) is 9.59 Å². The van der Waals surface area contributed by atoms with Crippen LogP contribution in [0.15, 0.2) is 91.3 Å². The Hall–Kier alpha value is -6.48. The number of aromatic amines is 2. The second-order valence-electron chi connectivity index (χ2n) is 15.6. The summed E-state index contributed by atoms with van der Waals surface area (Å²) in [4.78, 5) is 72.0. The molecule has 0 aliphatic carbocycles. The Kier molecular flexibility index (Phi) is 12.9. The van der Waals surface area contributed by atoms with Crippen LogP contribution < -0.4 is 10.6 Å². The van der Waals surface area contributed by atoms with Gasteiger partial charge in [-0.3, -0.25) is 9.59 Å². The largest absolute Gasteiger partial charge is 0.453 e.